The molecule has 24 nitrogen and oxygen atoms in total. The SMILES string of the molecule is CC1(N)CCN(c2ccccc2NC(=O)c2csc(Nc3ccsc3C(=O)O)n2)CC1.COC(=O)c1sccc1Nc1nc(C(=O)Nc2ccccc2N2CCC(C)(NC(=O)OCc3ccccc3)CC2)cs1.COC(=O)c1sccc1Nc1nc(C(=O)O)cs1.Cl. The molecule has 3 amide bonds. The number of amides is 3. The maximum atomic E-state index is 13.1. The number of aromatic carboxylic acids is 2. The third-order valence-electron chi connectivity index (χ3n) is 14.2. The average Bonchev–Trinajstić information content (AvgIpc) is 1.12. The number of ether oxygens (including phenoxy) is 3. The van der Waals surface area contributed by atoms with Gasteiger partial charge in [-0.3, -0.25) is 9.59 Å². The van der Waals surface area contributed by atoms with Crippen molar-refractivity contribution in [3.05, 3.63) is 167 Å². The number of esters is 2. The highest BCUT2D eigenvalue weighted by Gasteiger charge is 2.34. The minimum atomic E-state index is -1.09. The zero-order valence-electron chi connectivity index (χ0n) is 49.7. The number of hydrogen-bond donors (Lipinski definition) is 9. The van der Waals surface area contributed by atoms with Crippen molar-refractivity contribution in [2.75, 3.05) is 76.8 Å². The molecule has 0 atom stereocenters. The molecule has 2 aliphatic heterocycles. The van der Waals surface area contributed by atoms with E-state index in [1.165, 1.54) is 64.9 Å². The third kappa shape index (κ3) is 18.4. The summed E-state index contributed by atoms with van der Waals surface area (Å²) in [5.74, 6) is -3.62. The van der Waals surface area contributed by atoms with Gasteiger partial charge in [0.05, 0.1) is 54.0 Å². The lowest BCUT2D eigenvalue weighted by atomic mass is 9.89. The monoisotopic (exact) mass is 1380 g/mol. The molecule has 6 aromatic heterocycles. The Hall–Kier alpha value is -9.01. The average molecular weight is 1380 g/mol. The number of thiophene rings is 3. The number of aromatic nitrogens is 3. The van der Waals surface area contributed by atoms with Crippen LogP contribution < -0.4 is 47.4 Å². The van der Waals surface area contributed by atoms with E-state index in [0.29, 0.717) is 73.8 Å². The van der Waals surface area contributed by atoms with Gasteiger partial charge in [-0.1, -0.05) is 54.6 Å². The second-order valence-corrected chi connectivity index (χ2v) is 26.2. The lowest BCUT2D eigenvalue weighted by Crippen LogP contribution is -2.53. The van der Waals surface area contributed by atoms with Crippen LogP contribution >= 0.6 is 80.4 Å². The normalized spacial score (nSPS) is 13.6. The highest BCUT2D eigenvalue weighted by molar-refractivity contribution is 7.15. The zero-order valence-corrected chi connectivity index (χ0v) is 55.4. The number of carbonyl (C=O) groups excluding carboxylic acids is 5. The fourth-order valence-corrected chi connectivity index (χ4v) is 13.6. The molecule has 0 saturated carbocycles. The number of alkyl carbamates (subject to hydrolysis) is 1. The first-order chi connectivity index (χ1) is 43.8. The summed E-state index contributed by atoms with van der Waals surface area (Å²) >= 11 is 7.30. The molecule has 10 N–H and O–H groups in total. The van der Waals surface area contributed by atoms with Gasteiger partial charge in [0.2, 0.25) is 0 Å². The van der Waals surface area contributed by atoms with E-state index in [2.05, 4.69) is 68.3 Å². The minimum absolute atomic E-state index is 0. The Kier molecular flexibility index (Phi) is 23.8. The number of nitrogens with zero attached hydrogens (tertiary/aromatic N) is 5. The van der Waals surface area contributed by atoms with Gasteiger partial charge in [-0.25, -0.2) is 38.9 Å². The van der Waals surface area contributed by atoms with Crippen LogP contribution in [0.1, 0.15) is 106 Å². The van der Waals surface area contributed by atoms with Crippen molar-refractivity contribution in [1.82, 2.24) is 20.3 Å². The lowest BCUT2D eigenvalue weighted by Gasteiger charge is -2.41. The number of halogens is 1. The molecule has 8 heterocycles. The maximum absolute atomic E-state index is 13.1. The van der Waals surface area contributed by atoms with Crippen LogP contribution in [-0.4, -0.2) is 118 Å². The summed E-state index contributed by atoms with van der Waals surface area (Å²) in [4.78, 5) is 102. The molecular weight excluding hydrogens is 1320 g/mol. The van der Waals surface area contributed by atoms with Crippen LogP contribution in [0.3, 0.4) is 0 Å². The largest absolute Gasteiger partial charge is 0.477 e. The maximum Gasteiger partial charge on any atom is 0.407 e. The first-order valence-electron chi connectivity index (χ1n) is 27.9. The molecule has 2 aliphatic rings. The molecule has 2 saturated heterocycles. The molecule has 9 aromatic rings. The summed E-state index contributed by atoms with van der Waals surface area (Å²) in [6, 6.07) is 30.1. The lowest BCUT2D eigenvalue weighted by molar-refractivity contribution is 0.0598. The van der Waals surface area contributed by atoms with E-state index in [1.54, 1.807) is 45.1 Å². The Morgan fingerprint density at radius 3 is 1.36 bits per heavy atom. The number of benzene rings is 3. The summed E-state index contributed by atoms with van der Waals surface area (Å²) in [5.41, 5.74) is 12.0. The van der Waals surface area contributed by atoms with Crippen LogP contribution in [0.4, 0.5) is 60.0 Å². The highest BCUT2D eigenvalue weighted by atomic mass is 35.5. The number of carboxylic acid groups (broad SMARTS) is 2. The smallest absolute Gasteiger partial charge is 0.407 e. The fourth-order valence-electron chi connectivity index (χ4n) is 9.25. The number of nitrogens with two attached hydrogens (primary N) is 1. The van der Waals surface area contributed by atoms with Gasteiger partial charge < -0.3 is 71.9 Å². The molecule has 3 aromatic carbocycles. The van der Waals surface area contributed by atoms with E-state index >= 15 is 0 Å². The van der Waals surface area contributed by atoms with Crippen LogP contribution in [0, 0.1) is 0 Å². The fraction of sp³-hybridized carbons (Fsp3) is 0.246. The second kappa shape index (κ2) is 31.8. The number of para-hydroxylation sites is 4. The summed E-state index contributed by atoms with van der Waals surface area (Å²) in [5, 5.41) is 47.3. The Morgan fingerprint density at radius 2 is 0.924 bits per heavy atom. The number of rotatable bonds is 19. The van der Waals surface area contributed by atoms with E-state index in [0.717, 1.165) is 71.2 Å². The van der Waals surface area contributed by atoms with Crippen molar-refractivity contribution in [2.24, 2.45) is 5.73 Å². The minimum Gasteiger partial charge on any atom is -0.477 e. The first-order valence-corrected chi connectivity index (χ1v) is 33.2. The first kappa shape index (κ1) is 68.9. The van der Waals surface area contributed by atoms with Gasteiger partial charge in [0.15, 0.2) is 21.1 Å². The van der Waals surface area contributed by atoms with E-state index in [-0.39, 0.29) is 58.3 Å². The van der Waals surface area contributed by atoms with Gasteiger partial charge in [0, 0.05) is 53.4 Å². The Labute approximate surface area is 558 Å². The van der Waals surface area contributed by atoms with Gasteiger partial charge in [-0.15, -0.1) is 80.4 Å². The topological polar surface area (TPSA) is 331 Å². The molecule has 0 spiro atoms. The molecule has 0 aliphatic carbocycles. The molecule has 92 heavy (non-hydrogen) atoms. The Morgan fingerprint density at radius 1 is 0.522 bits per heavy atom. The Balaban J connectivity index is 0.000000191. The van der Waals surface area contributed by atoms with Gasteiger partial charge in [0.1, 0.15) is 32.6 Å². The predicted octanol–water partition coefficient (Wildman–Crippen LogP) is 13.3. The number of hydrogen-bond acceptors (Lipinski definition) is 25. The molecule has 11 rings (SSSR count). The van der Waals surface area contributed by atoms with Crippen LogP contribution in [0.15, 0.2) is 129 Å². The molecule has 0 radical (unpaired) electrons. The molecular formula is C61H63ClN12O12S6. The number of anilines is 10. The number of nitrogens with one attached hydrogen (secondary N) is 6. The Bertz CT molecular complexity index is 4020. The highest BCUT2D eigenvalue weighted by Crippen LogP contribution is 2.36. The summed E-state index contributed by atoms with van der Waals surface area (Å²) in [6.45, 7) is 7.36. The predicted molar refractivity (Wildman–Crippen MR) is 365 cm³/mol. The van der Waals surface area contributed by atoms with Gasteiger partial charge in [-0.05, 0) is 104 Å². The number of piperidine rings is 2. The van der Waals surface area contributed by atoms with E-state index in [4.69, 9.17) is 20.3 Å². The van der Waals surface area contributed by atoms with E-state index in [1.807, 2.05) is 85.8 Å². The van der Waals surface area contributed by atoms with Gasteiger partial charge >= 0.3 is 30.0 Å². The standard InChI is InChI=1S/C30H31N5O5S2.C21H23N5O3S2.C10H8N2O4S2.ClH/c1-30(34-29(38)40-18-20-8-4-3-5-9-20)13-15-35(16-14-30)24-11-7-6-10-21(24)31-26(36)23-19-42-28(33-23)32-22-12-17-41-25(22)27(37)39-2;1-21(22)7-9-26(10-8-21)16-5-3-2-4-13(16)23-18(27)15-12-31-20(25-15)24-14-6-11-30-17(14)19(28)29;1-16-9(15)7-5(2-3-17-7)11-10-12-6(4-18-10)8(13)14;/h3-12,17,19H,13-16,18H2,1-2H3,(H,31,36)(H,32,33)(H,34,38);2-6,11-12H,7-10,22H2,1H3,(H,23,27)(H,24,25)(H,28,29);2-4H,1H3,(H,11,12)(H,13,14);1H. The van der Waals surface area contributed by atoms with Crippen molar-refractivity contribution in [1.29, 1.82) is 0 Å². The second-order valence-electron chi connectivity index (χ2n) is 20.9. The zero-order chi connectivity index (χ0) is 64.7. The van der Waals surface area contributed by atoms with Crippen molar-refractivity contribution < 1.29 is 58.0 Å². The molecule has 482 valence electrons. The van der Waals surface area contributed by atoms with Gasteiger partial charge in [-0.2, -0.15) is 0 Å². The summed E-state index contributed by atoms with van der Waals surface area (Å²) in [7, 11) is 2.64. The van der Waals surface area contributed by atoms with Crippen molar-refractivity contribution in [3.63, 3.8) is 0 Å². The van der Waals surface area contributed by atoms with Crippen LogP contribution in [-0.2, 0) is 20.8 Å². The molecule has 2 fully saturated rings. The van der Waals surface area contributed by atoms with Crippen molar-refractivity contribution in [3.8, 4) is 0 Å². The summed E-state index contributed by atoms with van der Waals surface area (Å²) < 4.78 is 14.9. The van der Waals surface area contributed by atoms with Crippen LogP contribution in [0.2, 0.25) is 0 Å². The van der Waals surface area contributed by atoms with Crippen molar-refractivity contribution >= 4 is 177 Å². The number of thiazole rings is 3. The summed E-state index contributed by atoms with van der Waals surface area (Å²) in [6.07, 6.45) is 2.77. The molecule has 0 unspecified atom stereocenters. The van der Waals surface area contributed by atoms with Crippen molar-refractivity contribution in [2.45, 2.75) is 57.2 Å². The number of carbonyl (C=O) groups is 7. The van der Waals surface area contributed by atoms with E-state index < -0.39 is 35.5 Å². The molecule has 0 bridgehead atoms. The van der Waals surface area contributed by atoms with Gasteiger partial charge in [0.25, 0.3) is 11.8 Å². The van der Waals surface area contributed by atoms with E-state index in [9.17, 15) is 38.7 Å². The number of methoxy groups -OCH3 is 2. The van der Waals surface area contributed by atoms with Crippen LogP contribution in [0.25, 0.3) is 0 Å². The van der Waals surface area contributed by atoms with Crippen LogP contribution in [0.5, 0.6) is 0 Å². The quantitative estimate of drug-likeness (QED) is 0.0268. The number of carboxylic acids is 2. The third-order valence-corrected chi connectivity index (χ3v) is 19.2. The molecule has 31 heteroatoms.